The predicted molar refractivity (Wildman–Crippen MR) is 84.9 cm³/mol. The van der Waals surface area contributed by atoms with Gasteiger partial charge >= 0.3 is 0 Å². The molecule has 1 heterocycles. The maximum absolute atomic E-state index is 3.69. The molecule has 0 saturated heterocycles. The Kier molecular flexibility index (Phi) is 5.17. The highest BCUT2D eigenvalue weighted by molar-refractivity contribution is 7.10. The van der Waals surface area contributed by atoms with Crippen LogP contribution in [-0.2, 0) is 0 Å². The lowest BCUT2D eigenvalue weighted by Gasteiger charge is -2.27. The van der Waals surface area contributed by atoms with Gasteiger partial charge in [0, 0.05) is 16.8 Å². The van der Waals surface area contributed by atoms with Crippen molar-refractivity contribution in [2.75, 3.05) is 6.54 Å². The normalized spacial score (nSPS) is 14.3. The third-order valence-electron chi connectivity index (χ3n) is 3.68. The van der Waals surface area contributed by atoms with E-state index in [0.717, 1.165) is 13.0 Å². The summed E-state index contributed by atoms with van der Waals surface area (Å²) in [6, 6.07) is 13.5. The monoisotopic (exact) mass is 273 g/mol. The molecule has 19 heavy (non-hydrogen) atoms. The molecule has 2 rings (SSSR count). The first kappa shape index (κ1) is 14.3. The molecule has 0 spiro atoms. The van der Waals surface area contributed by atoms with Crippen molar-refractivity contribution in [3.05, 3.63) is 57.8 Å². The molecule has 1 aromatic heterocycles. The molecule has 1 nitrogen and oxygen atoms in total. The van der Waals surface area contributed by atoms with E-state index in [9.17, 15) is 0 Å². The van der Waals surface area contributed by atoms with E-state index >= 15 is 0 Å². The van der Waals surface area contributed by atoms with E-state index in [2.05, 4.69) is 67.9 Å². The van der Waals surface area contributed by atoms with Gasteiger partial charge in [-0.1, -0.05) is 44.2 Å². The average Bonchev–Trinajstić information content (AvgIpc) is 2.86. The topological polar surface area (TPSA) is 12.0 Å². The number of nitrogens with one attached hydrogen (secondary N) is 1. The van der Waals surface area contributed by atoms with Crippen molar-refractivity contribution in [2.45, 2.75) is 39.2 Å². The van der Waals surface area contributed by atoms with Gasteiger partial charge in [-0.15, -0.1) is 11.3 Å². The Balaban J connectivity index is 2.34. The van der Waals surface area contributed by atoms with E-state index in [0.29, 0.717) is 12.0 Å². The van der Waals surface area contributed by atoms with E-state index < -0.39 is 0 Å². The Morgan fingerprint density at radius 3 is 2.37 bits per heavy atom. The fraction of sp³-hybridized carbons (Fsp3) is 0.412. The number of benzene rings is 1. The molecule has 0 aliphatic heterocycles. The van der Waals surface area contributed by atoms with Gasteiger partial charge < -0.3 is 5.32 Å². The van der Waals surface area contributed by atoms with Crippen LogP contribution in [0.3, 0.4) is 0 Å². The van der Waals surface area contributed by atoms with Crippen molar-refractivity contribution in [1.82, 2.24) is 5.32 Å². The summed E-state index contributed by atoms with van der Waals surface area (Å²) in [5.41, 5.74) is 2.84. The Morgan fingerprint density at radius 1 is 1.11 bits per heavy atom. The zero-order chi connectivity index (χ0) is 13.7. The Morgan fingerprint density at radius 2 is 1.84 bits per heavy atom. The van der Waals surface area contributed by atoms with Gasteiger partial charge in [-0.3, -0.25) is 0 Å². The molecule has 0 amide bonds. The summed E-state index contributed by atoms with van der Waals surface area (Å²) < 4.78 is 0. The van der Waals surface area contributed by atoms with Crippen molar-refractivity contribution < 1.29 is 0 Å². The van der Waals surface area contributed by atoms with Crippen molar-refractivity contribution in [1.29, 1.82) is 0 Å². The lowest BCUT2D eigenvalue weighted by atomic mass is 9.87. The molecule has 102 valence electrons. The standard InChI is InChI=1S/C17H23NS/c1-4-15(14-9-7-6-8-10-14)16(18-5-2)17-13(3)11-12-19-17/h6-12,15-16,18H,4-5H2,1-3H3. The van der Waals surface area contributed by atoms with Crippen LogP contribution in [0, 0.1) is 6.92 Å². The number of rotatable bonds is 6. The number of hydrogen-bond acceptors (Lipinski definition) is 2. The minimum Gasteiger partial charge on any atom is -0.309 e. The van der Waals surface area contributed by atoms with Gasteiger partial charge in [0.2, 0.25) is 0 Å². The number of hydrogen-bond donors (Lipinski definition) is 1. The largest absolute Gasteiger partial charge is 0.309 e. The Bertz CT molecular complexity index is 489. The summed E-state index contributed by atoms with van der Waals surface area (Å²) >= 11 is 1.87. The summed E-state index contributed by atoms with van der Waals surface area (Å²) in [5.74, 6) is 0.540. The van der Waals surface area contributed by atoms with Gasteiger partial charge in [0.15, 0.2) is 0 Å². The minimum absolute atomic E-state index is 0.428. The highest BCUT2D eigenvalue weighted by Gasteiger charge is 2.24. The van der Waals surface area contributed by atoms with Crippen LogP contribution in [0.4, 0.5) is 0 Å². The molecule has 2 unspecified atom stereocenters. The molecule has 0 fully saturated rings. The summed E-state index contributed by atoms with van der Waals surface area (Å²) in [6.45, 7) is 7.69. The molecule has 0 bridgehead atoms. The molecular formula is C17H23NS. The lowest BCUT2D eigenvalue weighted by molar-refractivity contribution is 0.450. The first-order valence-electron chi connectivity index (χ1n) is 7.10. The molecule has 0 aliphatic rings. The zero-order valence-corrected chi connectivity index (χ0v) is 12.8. The quantitative estimate of drug-likeness (QED) is 0.789. The van der Waals surface area contributed by atoms with Gasteiger partial charge in [-0.05, 0) is 42.5 Å². The molecule has 2 aromatic rings. The van der Waals surface area contributed by atoms with E-state index in [4.69, 9.17) is 0 Å². The second-order valence-corrected chi connectivity index (χ2v) is 5.88. The van der Waals surface area contributed by atoms with Gasteiger partial charge in [-0.2, -0.15) is 0 Å². The van der Waals surface area contributed by atoms with Crippen LogP contribution in [0.15, 0.2) is 41.8 Å². The first-order chi connectivity index (χ1) is 9.27. The fourth-order valence-corrected chi connectivity index (χ4v) is 3.77. The molecule has 0 aliphatic carbocycles. The summed E-state index contributed by atoms with van der Waals surface area (Å²) in [6.07, 6.45) is 1.15. The van der Waals surface area contributed by atoms with E-state index in [1.54, 1.807) is 0 Å². The van der Waals surface area contributed by atoms with Gasteiger partial charge in [0.1, 0.15) is 0 Å². The molecular weight excluding hydrogens is 250 g/mol. The Hall–Kier alpha value is -1.12. The Labute approximate surface area is 120 Å². The molecule has 1 N–H and O–H groups in total. The van der Waals surface area contributed by atoms with Crippen LogP contribution in [-0.4, -0.2) is 6.54 Å². The number of thiophene rings is 1. The summed E-state index contributed by atoms with van der Waals surface area (Å²) in [5, 5.41) is 5.89. The smallest absolute Gasteiger partial charge is 0.0486 e. The van der Waals surface area contributed by atoms with E-state index in [1.807, 2.05) is 11.3 Å². The van der Waals surface area contributed by atoms with E-state index in [-0.39, 0.29) is 0 Å². The van der Waals surface area contributed by atoms with Gasteiger partial charge in [0.05, 0.1) is 0 Å². The van der Waals surface area contributed by atoms with Crippen LogP contribution in [0.1, 0.15) is 48.2 Å². The fourth-order valence-electron chi connectivity index (χ4n) is 2.70. The number of aryl methyl sites for hydroxylation is 1. The second-order valence-electron chi connectivity index (χ2n) is 4.93. The van der Waals surface area contributed by atoms with Crippen molar-refractivity contribution in [3.8, 4) is 0 Å². The zero-order valence-electron chi connectivity index (χ0n) is 12.0. The van der Waals surface area contributed by atoms with Crippen LogP contribution in [0.5, 0.6) is 0 Å². The SMILES string of the molecule is CCNC(c1sccc1C)C(CC)c1ccccc1. The summed E-state index contributed by atoms with van der Waals surface area (Å²) in [4.78, 5) is 1.48. The lowest BCUT2D eigenvalue weighted by Crippen LogP contribution is -2.26. The maximum Gasteiger partial charge on any atom is 0.0486 e. The first-order valence-corrected chi connectivity index (χ1v) is 7.98. The van der Waals surface area contributed by atoms with Gasteiger partial charge in [-0.25, -0.2) is 0 Å². The van der Waals surface area contributed by atoms with Crippen molar-refractivity contribution >= 4 is 11.3 Å². The number of likely N-dealkylation sites (N-methyl/N-ethyl adjacent to an activating group) is 1. The minimum atomic E-state index is 0.428. The highest BCUT2D eigenvalue weighted by Crippen LogP contribution is 2.37. The highest BCUT2D eigenvalue weighted by atomic mass is 32.1. The molecule has 0 saturated carbocycles. The van der Waals surface area contributed by atoms with Crippen LogP contribution in [0.25, 0.3) is 0 Å². The third-order valence-corrected chi connectivity index (χ3v) is 4.78. The molecule has 0 radical (unpaired) electrons. The second kappa shape index (κ2) is 6.88. The van der Waals surface area contributed by atoms with Crippen LogP contribution < -0.4 is 5.32 Å². The average molecular weight is 273 g/mol. The van der Waals surface area contributed by atoms with Crippen molar-refractivity contribution in [2.24, 2.45) is 0 Å². The summed E-state index contributed by atoms with van der Waals surface area (Å²) in [7, 11) is 0. The molecule has 2 atom stereocenters. The van der Waals surface area contributed by atoms with Crippen molar-refractivity contribution in [3.63, 3.8) is 0 Å². The van der Waals surface area contributed by atoms with Crippen LogP contribution in [0.2, 0.25) is 0 Å². The van der Waals surface area contributed by atoms with E-state index in [1.165, 1.54) is 16.0 Å². The maximum atomic E-state index is 3.69. The third kappa shape index (κ3) is 3.26. The predicted octanol–water partition coefficient (Wildman–Crippen LogP) is 4.90. The molecule has 1 aromatic carbocycles. The van der Waals surface area contributed by atoms with Crippen LogP contribution >= 0.6 is 11.3 Å². The molecule has 2 heteroatoms. The van der Waals surface area contributed by atoms with Gasteiger partial charge in [0.25, 0.3) is 0 Å².